The number of amides is 2. The molecule has 2 aromatic heterocycles. The SMILES string of the molecule is O=C(NNC(=O)c1cnn(-c2ccc(Cl)cc2Cl)c1C1CC1)c1cccnc1. The zero-order valence-electron chi connectivity index (χ0n) is 14.5. The number of hydrogen-bond donors (Lipinski definition) is 2. The lowest BCUT2D eigenvalue weighted by atomic mass is 10.1. The number of halogens is 2. The molecule has 0 unspecified atom stereocenters. The number of rotatable bonds is 4. The summed E-state index contributed by atoms with van der Waals surface area (Å²) in [5.41, 5.74) is 6.96. The summed E-state index contributed by atoms with van der Waals surface area (Å²) in [7, 11) is 0. The Morgan fingerprint density at radius 2 is 1.86 bits per heavy atom. The summed E-state index contributed by atoms with van der Waals surface area (Å²) in [5, 5.41) is 5.31. The maximum atomic E-state index is 12.7. The van der Waals surface area contributed by atoms with Crippen LogP contribution in [0.1, 0.15) is 45.2 Å². The van der Waals surface area contributed by atoms with Crippen LogP contribution in [0.2, 0.25) is 10.0 Å². The largest absolute Gasteiger partial charge is 0.273 e. The first-order valence-electron chi connectivity index (χ1n) is 8.58. The van der Waals surface area contributed by atoms with Crippen LogP contribution < -0.4 is 10.9 Å². The molecule has 9 heteroatoms. The van der Waals surface area contributed by atoms with Crippen molar-refractivity contribution in [2.45, 2.75) is 18.8 Å². The summed E-state index contributed by atoms with van der Waals surface area (Å²) in [6, 6.07) is 8.35. The Morgan fingerprint density at radius 3 is 2.54 bits per heavy atom. The molecule has 7 nitrogen and oxygen atoms in total. The third-order valence-electron chi connectivity index (χ3n) is 4.37. The van der Waals surface area contributed by atoms with Crippen molar-refractivity contribution in [3.05, 3.63) is 75.8 Å². The van der Waals surface area contributed by atoms with E-state index in [1.54, 1.807) is 41.2 Å². The van der Waals surface area contributed by atoms with Gasteiger partial charge in [0, 0.05) is 23.3 Å². The Morgan fingerprint density at radius 1 is 1.07 bits per heavy atom. The summed E-state index contributed by atoms with van der Waals surface area (Å²) < 4.78 is 1.66. The molecule has 28 heavy (non-hydrogen) atoms. The number of hydrazine groups is 1. The number of pyridine rings is 1. The monoisotopic (exact) mass is 415 g/mol. The second-order valence-corrected chi connectivity index (χ2v) is 7.22. The molecule has 0 spiro atoms. The fourth-order valence-electron chi connectivity index (χ4n) is 2.88. The average molecular weight is 416 g/mol. The molecule has 1 aliphatic rings. The molecule has 1 fully saturated rings. The molecule has 0 atom stereocenters. The summed E-state index contributed by atoms with van der Waals surface area (Å²) >= 11 is 12.3. The van der Waals surface area contributed by atoms with Crippen molar-refractivity contribution in [2.75, 3.05) is 0 Å². The van der Waals surface area contributed by atoms with E-state index in [0.29, 0.717) is 26.9 Å². The van der Waals surface area contributed by atoms with E-state index in [1.165, 1.54) is 12.4 Å². The lowest BCUT2D eigenvalue weighted by Gasteiger charge is -2.11. The van der Waals surface area contributed by atoms with E-state index in [9.17, 15) is 9.59 Å². The second kappa shape index (κ2) is 7.61. The fourth-order valence-corrected chi connectivity index (χ4v) is 3.37. The summed E-state index contributed by atoms with van der Waals surface area (Å²) in [6.07, 6.45) is 6.37. The molecule has 1 saturated carbocycles. The van der Waals surface area contributed by atoms with Gasteiger partial charge in [-0.1, -0.05) is 23.2 Å². The first-order chi connectivity index (χ1) is 13.5. The van der Waals surface area contributed by atoms with Crippen molar-refractivity contribution in [3.8, 4) is 5.69 Å². The molecule has 2 amide bonds. The normalized spacial score (nSPS) is 13.2. The topological polar surface area (TPSA) is 88.9 Å². The Bertz CT molecular complexity index is 1050. The Labute approximate surface area is 170 Å². The highest BCUT2D eigenvalue weighted by Gasteiger charge is 2.33. The van der Waals surface area contributed by atoms with Gasteiger partial charge in [-0.25, -0.2) is 4.68 Å². The quantitative estimate of drug-likeness (QED) is 0.637. The van der Waals surface area contributed by atoms with Gasteiger partial charge in [-0.15, -0.1) is 0 Å². The van der Waals surface area contributed by atoms with E-state index in [-0.39, 0.29) is 5.92 Å². The van der Waals surface area contributed by atoms with Gasteiger partial charge in [-0.3, -0.25) is 25.4 Å². The first kappa shape index (κ1) is 18.5. The highest BCUT2D eigenvalue weighted by molar-refractivity contribution is 6.35. The minimum atomic E-state index is -0.456. The van der Waals surface area contributed by atoms with Crippen LogP contribution in [0.25, 0.3) is 5.69 Å². The van der Waals surface area contributed by atoms with Gasteiger partial charge in [0.15, 0.2) is 0 Å². The molecule has 0 radical (unpaired) electrons. The van der Waals surface area contributed by atoms with Gasteiger partial charge in [-0.05, 0) is 43.2 Å². The van der Waals surface area contributed by atoms with Gasteiger partial charge < -0.3 is 0 Å². The van der Waals surface area contributed by atoms with Gasteiger partial charge >= 0.3 is 0 Å². The van der Waals surface area contributed by atoms with Crippen molar-refractivity contribution in [2.24, 2.45) is 0 Å². The number of carbonyl (C=O) groups is 2. The van der Waals surface area contributed by atoms with Crippen LogP contribution in [0.4, 0.5) is 0 Å². The lowest BCUT2D eigenvalue weighted by molar-refractivity contribution is 0.0846. The molecule has 4 rings (SSSR count). The average Bonchev–Trinajstić information content (AvgIpc) is 3.45. The Hall–Kier alpha value is -2.90. The Balaban J connectivity index is 1.57. The minimum absolute atomic E-state index is 0.212. The van der Waals surface area contributed by atoms with E-state index in [2.05, 4.69) is 20.9 Å². The third-order valence-corrected chi connectivity index (χ3v) is 4.90. The number of nitrogens with zero attached hydrogens (tertiary/aromatic N) is 3. The van der Waals surface area contributed by atoms with E-state index >= 15 is 0 Å². The highest BCUT2D eigenvalue weighted by Crippen LogP contribution is 2.43. The summed E-state index contributed by atoms with van der Waals surface area (Å²) in [6.45, 7) is 0. The van der Waals surface area contributed by atoms with Crippen LogP contribution in [0, 0.1) is 0 Å². The number of carbonyl (C=O) groups excluding carboxylic acids is 2. The van der Waals surface area contributed by atoms with Gasteiger partial charge in [0.25, 0.3) is 11.8 Å². The van der Waals surface area contributed by atoms with Crippen LogP contribution in [0.15, 0.2) is 48.9 Å². The standard InChI is InChI=1S/C19H15Cl2N5O2/c20-13-5-6-16(15(21)8-13)26-17(11-3-4-11)14(10-23-26)19(28)25-24-18(27)12-2-1-7-22-9-12/h1-2,5-11H,3-4H2,(H,24,27)(H,25,28). The molecule has 142 valence electrons. The zero-order chi connectivity index (χ0) is 19.7. The molecular weight excluding hydrogens is 401 g/mol. The highest BCUT2D eigenvalue weighted by atomic mass is 35.5. The van der Waals surface area contributed by atoms with Crippen molar-refractivity contribution in [1.29, 1.82) is 0 Å². The predicted molar refractivity (Wildman–Crippen MR) is 105 cm³/mol. The third kappa shape index (κ3) is 3.72. The number of aromatic nitrogens is 3. The molecule has 0 bridgehead atoms. The minimum Gasteiger partial charge on any atom is -0.267 e. The molecule has 2 heterocycles. The van der Waals surface area contributed by atoms with Crippen LogP contribution in [-0.2, 0) is 0 Å². The molecule has 1 aromatic carbocycles. The Kier molecular flexibility index (Phi) is 5.02. The molecule has 3 aromatic rings. The lowest BCUT2D eigenvalue weighted by Crippen LogP contribution is -2.41. The second-order valence-electron chi connectivity index (χ2n) is 6.38. The van der Waals surface area contributed by atoms with E-state index < -0.39 is 11.8 Å². The van der Waals surface area contributed by atoms with Gasteiger partial charge in [-0.2, -0.15) is 5.10 Å². The van der Waals surface area contributed by atoms with Gasteiger partial charge in [0.05, 0.1) is 33.7 Å². The van der Waals surface area contributed by atoms with Crippen LogP contribution in [-0.4, -0.2) is 26.6 Å². The molecule has 1 aliphatic carbocycles. The van der Waals surface area contributed by atoms with Gasteiger partial charge in [0.2, 0.25) is 0 Å². The molecule has 0 saturated heterocycles. The number of hydrogen-bond acceptors (Lipinski definition) is 4. The van der Waals surface area contributed by atoms with Crippen LogP contribution in [0.3, 0.4) is 0 Å². The van der Waals surface area contributed by atoms with Crippen LogP contribution in [0.5, 0.6) is 0 Å². The first-order valence-corrected chi connectivity index (χ1v) is 9.34. The maximum Gasteiger partial charge on any atom is 0.273 e. The summed E-state index contributed by atoms with van der Waals surface area (Å²) in [5.74, 6) is -0.693. The van der Waals surface area contributed by atoms with Crippen molar-refractivity contribution in [3.63, 3.8) is 0 Å². The van der Waals surface area contributed by atoms with E-state index in [0.717, 1.165) is 18.5 Å². The maximum absolute atomic E-state index is 12.7. The molecule has 0 aliphatic heterocycles. The molecular formula is C19H15Cl2N5O2. The zero-order valence-corrected chi connectivity index (χ0v) is 16.0. The van der Waals surface area contributed by atoms with Gasteiger partial charge in [0.1, 0.15) is 0 Å². The number of benzene rings is 1. The van der Waals surface area contributed by atoms with E-state index in [1.807, 2.05) is 0 Å². The van der Waals surface area contributed by atoms with E-state index in [4.69, 9.17) is 23.2 Å². The summed E-state index contributed by atoms with van der Waals surface area (Å²) in [4.78, 5) is 28.6. The number of nitrogens with one attached hydrogen (secondary N) is 2. The fraction of sp³-hybridized carbons (Fsp3) is 0.158. The van der Waals surface area contributed by atoms with Crippen molar-refractivity contribution < 1.29 is 9.59 Å². The van der Waals surface area contributed by atoms with Crippen LogP contribution >= 0.6 is 23.2 Å². The predicted octanol–water partition coefficient (Wildman–Crippen LogP) is 3.53. The van der Waals surface area contributed by atoms with Crippen molar-refractivity contribution in [1.82, 2.24) is 25.6 Å². The smallest absolute Gasteiger partial charge is 0.267 e. The van der Waals surface area contributed by atoms with Crippen molar-refractivity contribution >= 4 is 35.0 Å². The molecule has 2 N–H and O–H groups in total.